The second-order valence-electron chi connectivity index (χ2n) is 6.32. The molecule has 2 fully saturated rings. The zero-order valence-electron chi connectivity index (χ0n) is 13.1. The van der Waals surface area contributed by atoms with Crippen molar-refractivity contribution in [1.29, 1.82) is 0 Å². The van der Waals surface area contributed by atoms with Gasteiger partial charge in [0.2, 0.25) is 0 Å². The van der Waals surface area contributed by atoms with E-state index in [1.54, 1.807) is 0 Å². The third kappa shape index (κ3) is 4.48. The van der Waals surface area contributed by atoms with Gasteiger partial charge in [-0.05, 0) is 39.3 Å². The third-order valence-corrected chi connectivity index (χ3v) is 4.58. The molecular formula is C16H25ClN4O. The molecular weight excluding hydrogens is 300 g/mol. The molecule has 0 aromatic carbocycles. The lowest BCUT2D eigenvalue weighted by Gasteiger charge is -2.29. The molecule has 2 aliphatic rings. The Labute approximate surface area is 137 Å². The first kappa shape index (κ1) is 15.8. The van der Waals surface area contributed by atoms with Gasteiger partial charge in [-0.1, -0.05) is 11.6 Å². The average molecular weight is 325 g/mol. The molecule has 6 heteroatoms. The lowest BCUT2D eigenvalue weighted by Crippen LogP contribution is -2.38. The quantitative estimate of drug-likeness (QED) is 0.833. The lowest BCUT2D eigenvalue weighted by molar-refractivity contribution is 0.114. The Morgan fingerprint density at radius 3 is 2.86 bits per heavy atom. The second-order valence-corrected chi connectivity index (χ2v) is 6.71. The van der Waals surface area contributed by atoms with Crippen LogP contribution in [0.25, 0.3) is 0 Å². The van der Waals surface area contributed by atoms with Gasteiger partial charge >= 0.3 is 0 Å². The van der Waals surface area contributed by atoms with E-state index in [2.05, 4.69) is 27.6 Å². The van der Waals surface area contributed by atoms with Crippen molar-refractivity contribution < 1.29 is 4.74 Å². The number of hydrogen-bond acceptors (Lipinski definition) is 5. The minimum atomic E-state index is 0.277. The molecule has 0 radical (unpaired) electrons. The number of rotatable bonds is 4. The first-order valence-corrected chi connectivity index (χ1v) is 8.57. The summed E-state index contributed by atoms with van der Waals surface area (Å²) in [6.07, 6.45) is 4.75. The summed E-state index contributed by atoms with van der Waals surface area (Å²) >= 11 is 6.15. The summed E-state index contributed by atoms with van der Waals surface area (Å²) < 4.78 is 6.11. The zero-order chi connectivity index (χ0) is 15.4. The van der Waals surface area contributed by atoms with Gasteiger partial charge < -0.3 is 20.3 Å². The maximum Gasteiger partial charge on any atom is 0.135 e. The van der Waals surface area contributed by atoms with Crippen molar-refractivity contribution in [2.45, 2.75) is 37.8 Å². The zero-order valence-corrected chi connectivity index (χ0v) is 13.9. The normalized spacial score (nSPS) is 24.2. The summed E-state index contributed by atoms with van der Waals surface area (Å²) in [6.45, 7) is 4.25. The monoisotopic (exact) mass is 324 g/mol. The highest BCUT2D eigenvalue weighted by molar-refractivity contribution is 6.29. The topological polar surface area (TPSA) is 49.4 Å². The standard InChI is InChI=1S/C16H25ClN4O/c1-21-7-4-13(5-8-21)22-14-9-15(17)20-16(10-14)19-12-3-2-6-18-11-12/h9-10,12-13,18H,2-8,11H2,1H3,(H,19,20). The van der Waals surface area contributed by atoms with Crippen molar-refractivity contribution in [3.63, 3.8) is 0 Å². The number of hydrogen-bond donors (Lipinski definition) is 2. The highest BCUT2D eigenvalue weighted by atomic mass is 35.5. The van der Waals surface area contributed by atoms with Gasteiger partial charge in [-0.3, -0.25) is 0 Å². The van der Waals surface area contributed by atoms with Crippen molar-refractivity contribution in [1.82, 2.24) is 15.2 Å². The van der Waals surface area contributed by atoms with E-state index in [0.717, 1.165) is 57.0 Å². The van der Waals surface area contributed by atoms with E-state index in [1.807, 2.05) is 12.1 Å². The third-order valence-electron chi connectivity index (χ3n) is 4.38. The summed E-state index contributed by atoms with van der Waals surface area (Å²) in [7, 11) is 2.15. The Balaban J connectivity index is 1.61. The molecule has 3 heterocycles. The molecule has 5 nitrogen and oxygen atoms in total. The van der Waals surface area contributed by atoms with Crippen LogP contribution in [0.3, 0.4) is 0 Å². The smallest absolute Gasteiger partial charge is 0.135 e. The van der Waals surface area contributed by atoms with Crippen LogP contribution >= 0.6 is 11.6 Å². The molecule has 0 amide bonds. The molecule has 0 saturated carbocycles. The summed E-state index contributed by atoms with van der Waals surface area (Å²) in [5.41, 5.74) is 0. The number of ether oxygens (including phenoxy) is 1. The number of pyridine rings is 1. The van der Waals surface area contributed by atoms with Crippen molar-refractivity contribution in [2.75, 3.05) is 38.5 Å². The molecule has 1 atom stereocenters. The molecule has 22 heavy (non-hydrogen) atoms. The van der Waals surface area contributed by atoms with Gasteiger partial charge in [0, 0.05) is 37.8 Å². The SMILES string of the molecule is CN1CCC(Oc2cc(Cl)nc(NC3CCCNC3)c2)CC1. The molecule has 0 bridgehead atoms. The summed E-state index contributed by atoms with van der Waals surface area (Å²) in [5.74, 6) is 1.63. The first-order chi connectivity index (χ1) is 10.7. The molecule has 2 saturated heterocycles. The van der Waals surface area contributed by atoms with Crippen LogP contribution in [-0.4, -0.2) is 55.3 Å². The van der Waals surface area contributed by atoms with Crippen LogP contribution < -0.4 is 15.4 Å². The number of nitrogens with one attached hydrogen (secondary N) is 2. The predicted octanol–water partition coefficient (Wildman–Crippen LogP) is 2.37. The summed E-state index contributed by atoms with van der Waals surface area (Å²) in [5, 5.41) is 7.34. The lowest BCUT2D eigenvalue weighted by atomic mass is 10.1. The first-order valence-electron chi connectivity index (χ1n) is 8.19. The Morgan fingerprint density at radius 2 is 2.14 bits per heavy atom. The van der Waals surface area contributed by atoms with E-state index in [9.17, 15) is 0 Å². The van der Waals surface area contributed by atoms with E-state index in [1.165, 1.54) is 6.42 Å². The van der Waals surface area contributed by atoms with Crippen LogP contribution in [0.5, 0.6) is 5.75 Å². The Hall–Kier alpha value is -1.04. The number of likely N-dealkylation sites (tertiary alicyclic amines) is 1. The van der Waals surface area contributed by atoms with E-state index in [0.29, 0.717) is 11.2 Å². The van der Waals surface area contributed by atoms with Gasteiger partial charge in [-0.25, -0.2) is 4.98 Å². The van der Waals surface area contributed by atoms with E-state index >= 15 is 0 Å². The van der Waals surface area contributed by atoms with Gasteiger partial charge in [0.15, 0.2) is 0 Å². The number of piperidine rings is 2. The van der Waals surface area contributed by atoms with E-state index in [4.69, 9.17) is 16.3 Å². The largest absolute Gasteiger partial charge is 0.490 e. The minimum Gasteiger partial charge on any atom is -0.490 e. The molecule has 1 aromatic rings. The number of halogens is 1. The van der Waals surface area contributed by atoms with E-state index in [-0.39, 0.29) is 6.10 Å². The average Bonchev–Trinajstić information content (AvgIpc) is 2.50. The fourth-order valence-corrected chi connectivity index (χ4v) is 3.29. The minimum absolute atomic E-state index is 0.277. The molecule has 1 aromatic heterocycles. The van der Waals surface area contributed by atoms with Gasteiger partial charge in [0.05, 0.1) is 0 Å². The summed E-state index contributed by atoms with van der Waals surface area (Å²) in [6, 6.07) is 4.19. The van der Waals surface area contributed by atoms with Crippen LogP contribution in [0.2, 0.25) is 5.15 Å². The van der Waals surface area contributed by atoms with Gasteiger partial charge in [0.25, 0.3) is 0 Å². The van der Waals surface area contributed by atoms with Crippen LogP contribution in [-0.2, 0) is 0 Å². The Kier molecular flexibility index (Phi) is 5.39. The fraction of sp³-hybridized carbons (Fsp3) is 0.688. The predicted molar refractivity (Wildman–Crippen MR) is 89.9 cm³/mol. The highest BCUT2D eigenvalue weighted by Gasteiger charge is 2.19. The molecule has 0 spiro atoms. The number of anilines is 1. The molecule has 3 rings (SSSR count). The van der Waals surface area contributed by atoms with Crippen LogP contribution in [0.4, 0.5) is 5.82 Å². The Morgan fingerprint density at radius 1 is 1.32 bits per heavy atom. The van der Waals surface area contributed by atoms with Crippen LogP contribution in [0, 0.1) is 0 Å². The van der Waals surface area contributed by atoms with E-state index < -0.39 is 0 Å². The molecule has 2 aliphatic heterocycles. The van der Waals surface area contributed by atoms with Crippen LogP contribution in [0.1, 0.15) is 25.7 Å². The van der Waals surface area contributed by atoms with Gasteiger partial charge in [-0.2, -0.15) is 0 Å². The number of nitrogens with zero attached hydrogens (tertiary/aromatic N) is 2. The number of aromatic nitrogens is 1. The van der Waals surface area contributed by atoms with Crippen molar-refractivity contribution in [2.24, 2.45) is 0 Å². The molecule has 1 unspecified atom stereocenters. The maximum absolute atomic E-state index is 6.15. The molecule has 0 aliphatic carbocycles. The van der Waals surface area contributed by atoms with Gasteiger partial charge in [0.1, 0.15) is 22.8 Å². The summed E-state index contributed by atoms with van der Waals surface area (Å²) in [4.78, 5) is 6.71. The van der Waals surface area contributed by atoms with Crippen molar-refractivity contribution in [3.8, 4) is 5.75 Å². The highest BCUT2D eigenvalue weighted by Crippen LogP contribution is 2.25. The molecule has 122 valence electrons. The maximum atomic E-state index is 6.15. The fourth-order valence-electron chi connectivity index (χ4n) is 3.09. The van der Waals surface area contributed by atoms with Crippen molar-refractivity contribution >= 4 is 17.4 Å². The second kappa shape index (κ2) is 7.49. The van der Waals surface area contributed by atoms with Crippen LogP contribution in [0.15, 0.2) is 12.1 Å². The van der Waals surface area contributed by atoms with Crippen molar-refractivity contribution in [3.05, 3.63) is 17.3 Å². The van der Waals surface area contributed by atoms with Gasteiger partial charge in [-0.15, -0.1) is 0 Å². The Bertz CT molecular complexity index is 485. The molecule has 2 N–H and O–H groups in total.